The van der Waals surface area contributed by atoms with Gasteiger partial charge in [0.2, 0.25) is 0 Å². The highest BCUT2D eigenvalue weighted by atomic mass is 35.5. The number of piperidine rings is 1. The molecule has 6 heteroatoms. The first-order valence-electron chi connectivity index (χ1n) is 9.80. The Hall–Kier alpha value is -2.63. The lowest BCUT2D eigenvalue weighted by molar-refractivity contribution is 0.0696. The first-order chi connectivity index (χ1) is 14.1. The molecule has 1 saturated heterocycles. The molecule has 1 aliphatic rings. The molecule has 2 heterocycles. The molecule has 5 nitrogen and oxygen atoms in total. The molecule has 0 amide bonds. The zero-order chi connectivity index (χ0) is 20.2. The van der Waals surface area contributed by atoms with Gasteiger partial charge in [0.15, 0.2) is 5.89 Å². The summed E-state index contributed by atoms with van der Waals surface area (Å²) >= 11 is 5.95. The van der Waals surface area contributed by atoms with Crippen LogP contribution in [0.2, 0.25) is 5.02 Å². The van der Waals surface area contributed by atoms with Crippen LogP contribution in [0.1, 0.15) is 51.9 Å². The van der Waals surface area contributed by atoms with Gasteiger partial charge in [0.25, 0.3) is 0 Å². The second kappa shape index (κ2) is 8.80. The summed E-state index contributed by atoms with van der Waals surface area (Å²) in [5.74, 6) is 1.01. The number of likely N-dealkylation sites (tertiary alicyclic amines) is 1. The van der Waals surface area contributed by atoms with Crippen LogP contribution in [-0.4, -0.2) is 34.0 Å². The summed E-state index contributed by atoms with van der Waals surface area (Å²) in [6, 6.07) is 14.9. The highest BCUT2D eigenvalue weighted by Gasteiger charge is 2.25. The lowest BCUT2D eigenvalue weighted by Crippen LogP contribution is -2.34. The van der Waals surface area contributed by atoms with E-state index in [0.717, 1.165) is 60.3 Å². The van der Waals surface area contributed by atoms with Gasteiger partial charge in [-0.3, -0.25) is 4.90 Å². The van der Waals surface area contributed by atoms with E-state index in [1.807, 2.05) is 36.5 Å². The van der Waals surface area contributed by atoms with Crippen LogP contribution < -0.4 is 0 Å². The normalized spacial score (nSPS) is 17.3. The lowest BCUT2D eigenvalue weighted by Gasteiger charge is -2.31. The second-order valence-electron chi connectivity index (χ2n) is 7.55. The van der Waals surface area contributed by atoms with E-state index in [1.165, 1.54) is 0 Å². The van der Waals surface area contributed by atoms with Crippen molar-refractivity contribution < 1.29 is 14.3 Å². The number of aromatic nitrogens is 1. The molecule has 150 valence electrons. The number of nitrogens with zero attached hydrogens (tertiary/aromatic N) is 2. The molecule has 1 N–H and O–H groups in total. The molecule has 1 aromatic heterocycles. The summed E-state index contributed by atoms with van der Waals surface area (Å²) in [6.07, 6.45) is 4.63. The average Bonchev–Trinajstić information content (AvgIpc) is 3.19. The molecule has 0 unspecified atom stereocenters. The fraction of sp³-hybridized carbons (Fsp3) is 0.304. The number of benzene rings is 2. The van der Waals surface area contributed by atoms with Gasteiger partial charge in [-0.15, -0.1) is 0 Å². The number of carboxylic acids is 1. The molecular formula is C23H23ClN2O3. The summed E-state index contributed by atoms with van der Waals surface area (Å²) in [6.45, 7) is 2.58. The van der Waals surface area contributed by atoms with Gasteiger partial charge < -0.3 is 9.52 Å². The molecule has 3 aromatic rings. The van der Waals surface area contributed by atoms with E-state index in [2.05, 4.69) is 9.88 Å². The first kappa shape index (κ1) is 19.7. The Balaban J connectivity index is 1.39. The number of hydrogen-bond acceptors (Lipinski definition) is 4. The van der Waals surface area contributed by atoms with Crippen LogP contribution in [-0.2, 0) is 13.0 Å². The van der Waals surface area contributed by atoms with Crippen molar-refractivity contribution in [2.75, 3.05) is 13.1 Å². The Morgan fingerprint density at radius 1 is 1.21 bits per heavy atom. The maximum atomic E-state index is 11.2. The average molecular weight is 411 g/mol. The minimum atomic E-state index is -0.892. The van der Waals surface area contributed by atoms with Crippen molar-refractivity contribution in [1.29, 1.82) is 0 Å². The van der Waals surface area contributed by atoms with E-state index in [0.29, 0.717) is 12.0 Å². The van der Waals surface area contributed by atoms with Crippen molar-refractivity contribution in [3.63, 3.8) is 0 Å². The van der Waals surface area contributed by atoms with Crippen molar-refractivity contribution in [1.82, 2.24) is 9.88 Å². The number of carbonyl (C=O) groups is 1. The minimum absolute atomic E-state index is 0.255. The van der Waals surface area contributed by atoms with Crippen LogP contribution in [0.3, 0.4) is 0 Å². The molecule has 29 heavy (non-hydrogen) atoms. The Kier molecular flexibility index (Phi) is 5.97. The minimum Gasteiger partial charge on any atom is -0.478 e. The van der Waals surface area contributed by atoms with Gasteiger partial charge in [0.05, 0.1) is 11.8 Å². The third-order valence-corrected chi connectivity index (χ3v) is 5.55. The number of halogens is 1. The lowest BCUT2D eigenvalue weighted by atomic mass is 9.97. The molecule has 1 aliphatic heterocycles. The summed E-state index contributed by atoms with van der Waals surface area (Å²) in [5, 5.41) is 9.91. The number of oxazole rings is 1. The predicted octanol–water partition coefficient (Wildman–Crippen LogP) is 5.00. The van der Waals surface area contributed by atoms with E-state index < -0.39 is 5.97 Å². The molecule has 1 fully saturated rings. The molecule has 0 bridgehead atoms. The third-order valence-electron chi connectivity index (χ3n) is 5.30. The van der Waals surface area contributed by atoms with Crippen LogP contribution in [0, 0.1) is 0 Å². The van der Waals surface area contributed by atoms with Crippen LogP contribution >= 0.6 is 11.6 Å². The van der Waals surface area contributed by atoms with Crippen LogP contribution in [0.15, 0.2) is 59.1 Å². The third kappa shape index (κ3) is 5.05. The molecule has 0 saturated carbocycles. The highest BCUT2D eigenvalue weighted by molar-refractivity contribution is 6.30. The summed E-state index contributed by atoms with van der Waals surface area (Å²) < 4.78 is 6.06. The quantitative estimate of drug-likeness (QED) is 0.619. The topological polar surface area (TPSA) is 66.6 Å². The Bertz CT molecular complexity index is 984. The Morgan fingerprint density at radius 2 is 2.03 bits per heavy atom. The molecule has 1 atom stereocenters. The molecule has 0 radical (unpaired) electrons. The molecule has 4 rings (SSSR count). The van der Waals surface area contributed by atoms with E-state index in [-0.39, 0.29) is 5.92 Å². The van der Waals surface area contributed by atoms with Crippen molar-refractivity contribution in [2.45, 2.75) is 31.7 Å². The van der Waals surface area contributed by atoms with E-state index in [1.54, 1.807) is 18.2 Å². The number of carboxylic acid groups (broad SMARTS) is 1. The van der Waals surface area contributed by atoms with Crippen LogP contribution in [0.25, 0.3) is 0 Å². The van der Waals surface area contributed by atoms with Crippen LogP contribution in [0.4, 0.5) is 0 Å². The number of hydrogen-bond donors (Lipinski definition) is 1. The van der Waals surface area contributed by atoms with Crippen molar-refractivity contribution in [3.05, 3.63) is 88.1 Å². The standard InChI is InChI=1S/C23H23ClN2O3/c24-20-8-6-16(7-9-20)12-21-13-25-22(29-21)19-5-2-10-26(15-19)14-17-3-1-4-18(11-17)23(27)28/h1,3-4,6-9,11,13,19H,2,5,10,12,14-15H2,(H,27,28)/t19-/m0/s1. The van der Waals surface area contributed by atoms with Crippen molar-refractivity contribution in [3.8, 4) is 0 Å². The zero-order valence-corrected chi connectivity index (χ0v) is 16.8. The van der Waals surface area contributed by atoms with E-state index in [4.69, 9.17) is 16.0 Å². The van der Waals surface area contributed by atoms with Gasteiger partial charge in [0.1, 0.15) is 5.76 Å². The SMILES string of the molecule is O=C(O)c1cccc(CN2CCC[C@H](c3ncc(Cc4ccc(Cl)cc4)o3)C2)c1. The summed E-state index contributed by atoms with van der Waals surface area (Å²) in [5.41, 5.74) is 2.48. The monoisotopic (exact) mass is 410 g/mol. The van der Waals surface area contributed by atoms with Crippen molar-refractivity contribution in [2.24, 2.45) is 0 Å². The smallest absolute Gasteiger partial charge is 0.335 e. The Labute approximate surface area is 174 Å². The predicted molar refractivity (Wildman–Crippen MR) is 111 cm³/mol. The maximum Gasteiger partial charge on any atom is 0.335 e. The number of aromatic carboxylic acids is 1. The van der Waals surface area contributed by atoms with Gasteiger partial charge in [-0.2, -0.15) is 0 Å². The molecule has 0 aliphatic carbocycles. The fourth-order valence-corrected chi connectivity index (χ4v) is 3.98. The first-order valence-corrected chi connectivity index (χ1v) is 10.2. The number of rotatable bonds is 6. The van der Waals surface area contributed by atoms with Gasteiger partial charge in [-0.05, 0) is 54.8 Å². The second-order valence-corrected chi connectivity index (χ2v) is 7.98. The van der Waals surface area contributed by atoms with Gasteiger partial charge >= 0.3 is 5.97 Å². The zero-order valence-electron chi connectivity index (χ0n) is 16.1. The highest BCUT2D eigenvalue weighted by Crippen LogP contribution is 2.28. The largest absolute Gasteiger partial charge is 0.478 e. The van der Waals surface area contributed by atoms with Gasteiger partial charge in [-0.1, -0.05) is 35.9 Å². The fourth-order valence-electron chi connectivity index (χ4n) is 3.86. The van der Waals surface area contributed by atoms with Crippen LogP contribution in [0.5, 0.6) is 0 Å². The van der Waals surface area contributed by atoms with E-state index in [9.17, 15) is 9.90 Å². The van der Waals surface area contributed by atoms with Gasteiger partial charge in [0, 0.05) is 30.5 Å². The summed E-state index contributed by atoms with van der Waals surface area (Å²) in [4.78, 5) is 18.1. The molecule has 0 spiro atoms. The van der Waals surface area contributed by atoms with Crippen molar-refractivity contribution >= 4 is 17.6 Å². The van der Waals surface area contributed by atoms with E-state index >= 15 is 0 Å². The molecule has 2 aromatic carbocycles. The Morgan fingerprint density at radius 3 is 2.83 bits per heavy atom. The summed E-state index contributed by atoms with van der Waals surface area (Å²) in [7, 11) is 0. The van der Waals surface area contributed by atoms with Gasteiger partial charge in [-0.25, -0.2) is 9.78 Å². The molecular weight excluding hydrogens is 388 g/mol. The maximum absolute atomic E-state index is 11.2.